The lowest BCUT2D eigenvalue weighted by atomic mass is 10.1. The number of carbonyl (C=O) groups is 2. The Morgan fingerprint density at radius 3 is 2.67 bits per heavy atom. The first kappa shape index (κ1) is 18.5. The van der Waals surface area contributed by atoms with E-state index in [1.807, 2.05) is 24.4 Å². The second-order valence-electron chi connectivity index (χ2n) is 6.05. The number of carbonyl (C=O) groups excluding carboxylic acids is 1. The fourth-order valence-corrected chi connectivity index (χ4v) is 2.65. The van der Waals surface area contributed by atoms with E-state index in [0.29, 0.717) is 19.6 Å². The molecule has 1 aliphatic heterocycles. The van der Waals surface area contributed by atoms with Crippen LogP contribution in [0.3, 0.4) is 0 Å². The van der Waals surface area contributed by atoms with E-state index in [1.54, 1.807) is 9.42 Å². The number of aromatic nitrogens is 5. The summed E-state index contributed by atoms with van der Waals surface area (Å²) in [5.41, 5.74) is 6.39. The van der Waals surface area contributed by atoms with Gasteiger partial charge in [0.2, 0.25) is 0 Å². The number of hydrogen-bond acceptors (Lipinski definition) is 6. The van der Waals surface area contributed by atoms with Crippen LogP contribution in [0.2, 0.25) is 0 Å². The van der Waals surface area contributed by atoms with Crippen LogP contribution in [0.4, 0.5) is 0 Å². The Balaban J connectivity index is 0.000000159. The van der Waals surface area contributed by atoms with Gasteiger partial charge in [0.05, 0.1) is 11.8 Å². The van der Waals surface area contributed by atoms with E-state index >= 15 is 0 Å². The first-order chi connectivity index (χ1) is 13.0. The summed E-state index contributed by atoms with van der Waals surface area (Å²) in [5, 5.41) is 16.9. The SMILES string of the molecule is Cn1ncc(C(=O)N2CCC2)c1C(=O)O.NCCc1nc2ccccn2n1. The average Bonchev–Trinajstić information content (AvgIpc) is 3.17. The number of aryl methyl sites for hydroxylation is 1. The Hall–Kier alpha value is -3.27. The van der Waals surface area contributed by atoms with Crippen LogP contribution in [0.5, 0.6) is 0 Å². The zero-order chi connectivity index (χ0) is 19.4. The van der Waals surface area contributed by atoms with Crippen molar-refractivity contribution in [1.82, 2.24) is 29.3 Å². The number of likely N-dealkylation sites (tertiary alicyclic amines) is 1. The van der Waals surface area contributed by atoms with Crippen LogP contribution in [0.25, 0.3) is 5.65 Å². The summed E-state index contributed by atoms with van der Waals surface area (Å²) >= 11 is 0. The largest absolute Gasteiger partial charge is 0.477 e. The normalized spacial score (nSPS) is 13.0. The zero-order valence-corrected chi connectivity index (χ0v) is 14.9. The first-order valence-electron chi connectivity index (χ1n) is 8.56. The van der Waals surface area contributed by atoms with Gasteiger partial charge in [0, 0.05) is 32.8 Å². The van der Waals surface area contributed by atoms with Crippen LogP contribution in [0, 0.1) is 0 Å². The minimum atomic E-state index is -1.13. The average molecular weight is 371 g/mol. The number of carboxylic acid groups (broad SMARTS) is 1. The van der Waals surface area contributed by atoms with Gasteiger partial charge in [-0.2, -0.15) is 10.2 Å². The number of hydrogen-bond donors (Lipinski definition) is 2. The first-order valence-corrected chi connectivity index (χ1v) is 8.56. The summed E-state index contributed by atoms with van der Waals surface area (Å²) in [6.07, 6.45) is 4.91. The molecule has 0 spiro atoms. The minimum absolute atomic E-state index is 0.0492. The van der Waals surface area contributed by atoms with Crippen molar-refractivity contribution in [1.29, 1.82) is 0 Å². The molecule has 0 aromatic carbocycles. The van der Waals surface area contributed by atoms with Gasteiger partial charge in [-0.15, -0.1) is 0 Å². The molecule has 0 radical (unpaired) electrons. The van der Waals surface area contributed by atoms with E-state index in [2.05, 4.69) is 15.2 Å². The molecule has 142 valence electrons. The molecular weight excluding hydrogens is 350 g/mol. The molecule has 3 N–H and O–H groups in total. The molecule has 10 heteroatoms. The molecule has 1 amide bonds. The number of nitrogens with two attached hydrogens (primary N) is 1. The number of carboxylic acids is 1. The van der Waals surface area contributed by atoms with Crippen LogP contribution >= 0.6 is 0 Å². The van der Waals surface area contributed by atoms with Gasteiger partial charge in [-0.25, -0.2) is 14.3 Å². The molecule has 3 aromatic rings. The van der Waals surface area contributed by atoms with Gasteiger partial charge in [0.25, 0.3) is 5.91 Å². The maximum Gasteiger partial charge on any atom is 0.354 e. The topological polar surface area (TPSA) is 132 Å². The molecule has 4 rings (SSSR count). The molecule has 3 aromatic heterocycles. The van der Waals surface area contributed by atoms with Crippen molar-refractivity contribution in [3.63, 3.8) is 0 Å². The molecule has 27 heavy (non-hydrogen) atoms. The predicted molar refractivity (Wildman–Crippen MR) is 96.4 cm³/mol. The van der Waals surface area contributed by atoms with Gasteiger partial charge < -0.3 is 15.7 Å². The fraction of sp³-hybridized carbons (Fsp3) is 0.353. The highest BCUT2D eigenvalue weighted by atomic mass is 16.4. The molecule has 0 unspecified atom stereocenters. The van der Waals surface area contributed by atoms with Gasteiger partial charge in [-0.1, -0.05) is 6.07 Å². The van der Waals surface area contributed by atoms with Gasteiger partial charge in [0.15, 0.2) is 17.2 Å². The van der Waals surface area contributed by atoms with E-state index < -0.39 is 5.97 Å². The smallest absolute Gasteiger partial charge is 0.354 e. The van der Waals surface area contributed by atoms with Crippen LogP contribution in [-0.4, -0.2) is 65.9 Å². The maximum absolute atomic E-state index is 11.8. The summed E-state index contributed by atoms with van der Waals surface area (Å²) in [6, 6.07) is 5.79. The minimum Gasteiger partial charge on any atom is -0.477 e. The van der Waals surface area contributed by atoms with Crippen LogP contribution < -0.4 is 5.73 Å². The molecule has 0 bridgehead atoms. The van der Waals surface area contributed by atoms with Crippen molar-refractivity contribution < 1.29 is 14.7 Å². The highest BCUT2D eigenvalue weighted by molar-refractivity contribution is 6.03. The van der Waals surface area contributed by atoms with Gasteiger partial charge in [-0.3, -0.25) is 9.48 Å². The third-order valence-corrected chi connectivity index (χ3v) is 4.17. The highest BCUT2D eigenvalue weighted by Gasteiger charge is 2.28. The van der Waals surface area contributed by atoms with Crippen molar-refractivity contribution in [2.24, 2.45) is 12.8 Å². The molecule has 10 nitrogen and oxygen atoms in total. The molecule has 0 saturated carbocycles. The van der Waals surface area contributed by atoms with Crippen molar-refractivity contribution in [3.05, 3.63) is 47.7 Å². The van der Waals surface area contributed by atoms with Crippen molar-refractivity contribution in [2.75, 3.05) is 19.6 Å². The predicted octanol–water partition coefficient (Wildman–Crippen LogP) is 0.195. The molecule has 1 saturated heterocycles. The number of fused-ring (bicyclic) bond motifs is 1. The molecule has 1 fully saturated rings. The van der Waals surface area contributed by atoms with Gasteiger partial charge >= 0.3 is 5.97 Å². The molecular formula is C17H21N7O3. The molecule has 1 aliphatic rings. The standard InChI is InChI=1S/C9H11N3O3.C8H10N4/c1-11-7(9(14)15)6(5-10-11)8(13)12-3-2-4-12;9-5-4-7-10-8-3-1-2-6-12(8)11-7/h5H,2-4H2,1H3,(H,14,15);1-3,6H,4-5,9H2. The van der Waals surface area contributed by atoms with Crippen LogP contribution in [0.15, 0.2) is 30.6 Å². The summed E-state index contributed by atoms with van der Waals surface area (Å²) < 4.78 is 2.96. The number of rotatable bonds is 4. The monoisotopic (exact) mass is 371 g/mol. The second kappa shape index (κ2) is 7.96. The maximum atomic E-state index is 11.8. The lowest BCUT2D eigenvalue weighted by molar-refractivity contribution is 0.0621. The number of pyridine rings is 1. The Kier molecular flexibility index (Phi) is 5.46. The van der Waals surface area contributed by atoms with E-state index in [4.69, 9.17) is 10.8 Å². The molecule has 0 aliphatic carbocycles. The lowest BCUT2D eigenvalue weighted by Gasteiger charge is -2.30. The van der Waals surface area contributed by atoms with Crippen LogP contribution in [-0.2, 0) is 13.5 Å². The van der Waals surface area contributed by atoms with E-state index in [-0.39, 0.29) is 17.2 Å². The number of nitrogens with zero attached hydrogens (tertiary/aromatic N) is 6. The Morgan fingerprint density at radius 2 is 2.07 bits per heavy atom. The summed E-state index contributed by atoms with van der Waals surface area (Å²) in [5.74, 6) is -0.561. The highest BCUT2D eigenvalue weighted by Crippen LogP contribution is 2.15. The summed E-state index contributed by atoms with van der Waals surface area (Å²) in [7, 11) is 1.51. The Morgan fingerprint density at radius 1 is 1.30 bits per heavy atom. The fourth-order valence-electron chi connectivity index (χ4n) is 2.65. The van der Waals surface area contributed by atoms with E-state index in [1.165, 1.54) is 17.9 Å². The molecule has 0 atom stereocenters. The quantitative estimate of drug-likeness (QED) is 0.669. The zero-order valence-electron chi connectivity index (χ0n) is 14.9. The summed E-state index contributed by atoms with van der Waals surface area (Å²) in [4.78, 5) is 28.6. The number of aromatic carboxylic acids is 1. The van der Waals surface area contributed by atoms with E-state index in [0.717, 1.165) is 24.3 Å². The third kappa shape index (κ3) is 3.95. The lowest BCUT2D eigenvalue weighted by Crippen LogP contribution is -2.42. The van der Waals surface area contributed by atoms with Crippen molar-refractivity contribution >= 4 is 17.5 Å². The van der Waals surface area contributed by atoms with E-state index in [9.17, 15) is 9.59 Å². The summed E-state index contributed by atoms with van der Waals surface area (Å²) in [6.45, 7) is 2.00. The van der Waals surface area contributed by atoms with Crippen molar-refractivity contribution in [3.8, 4) is 0 Å². The number of amides is 1. The Labute approximate surface area is 155 Å². The Bertz CT molecular complexity index is 926. The van der Waals surface area contributed by atoms with Crippen molar-refractivity contribution in [2.45, 2.75) is 12.8 Å². The molecule has 4 heterocycles. The third-order valence-electron chi connectivity index (χ3n) is 4.17. The second-order valence-corrected chi connectivity index (χ2v) is 6.05. The van der Waals surface area contributed by atoms with Gasteiger partial charge in [0.1, 0.15) is 0 Å². The van der Waals surface area contributed by atoms with Crippen LogP contribution in [0.1, 0.15) is 33.1 Å². The van der Waals surface area contributed by atoms with Gasteiger partial charge in [-0.05, 0) is 25.1 Å².